The molecule has 1 atom stereocenters. The molecular formula is C98H56N6O4. The van der Waals surface area contributed by atoms with E-state index in [0.29, 0.717) is 29.1 Å². The molecule has 108 heavy (non-hydrogen) atoms. The number of hydrogen-bond acceptors (Lipinski definition) is 10. The van der Waals surface area contributed by atoms with Crippen molar-refractivity contribution in [3.05, 3.63) is 327 Å². The van der Waals surface area contributed by atoms with E-state index in [9.17, 15) is 0 Å². The first-order valence-electron chi connectivity index (χ1n) is 36.5. The SMILES string of the molecule is C1=CCC(c2nc(-c3ccc(-c4ccc5ccc6oc7c(-c8ccc9c(c8)oc8cccc(-c%10nc(-c%11ccc(-c%12ccc%13ccc%14oc%15ccccc%15c%14c%13c%12)cc%11)nc(-c%11ccc%12ccc%13ccccc%13c%12c%11)n%10)c89)cccc7c6c5c4)c4ccccc34)nc(-c3cccc4oc5ccccc5c34)n2)C=C1. The number of aromatic nitrogens is 6. The summed E-state index contributed by atoms with van der Waals surface area (Å²) < 4.78 is 26.6. The van der Waals surface area contributed by atoms with E-state index in [-0.39, 0.29) is 5.92 Å². The van der Waals surface area contributed by atoms with Gasteiger partial charge in [0.1, 0.15) is 50.5 Å². The molecule has 10 heteroatoms. The van der Waals surface area contributed by atoms with Gasteiger partial charge in [-0.2, -0.15) is 0 Å². The van der Waals surface area contributed by atoms with Crippen molar-refractivity contribution in [3.63, 3.8) is 0 Å². The Balaban J connectivity index is 0.616. The van der Waals surface area contributed by atoms with E-state index in [2.05, 4.69) is 267 Å². The molecule has 0 radical (unpaired) electrons. The molecule has 0 fully saturated rings. The van der Waals surface area contributed by atoms with Gasteiger partial charge in [-0.3, -0.25) is 0 Å². The Morgan fingerprint density at radius 1 is 0.231 bits per heavy atom. The van der Waals surface area contributed by atoms with Crippen LogP contribution in [-0.4, -0.2) is 29.9 Å². The summed E-state index contributed by atoms with van der Waals surface area (Å²) in [6, 6.07) is 104. The molecule has 22 aromatic rings. The molecule has 0 N–H and O–H groups in total. The maximum absolute atomic E-state index is 7.03. The summed E-state index contributed by atoms with van der Waals surface area (Å²) in [5, 5.41) is 19.4. The Morgan fingerprint density at radius 3 is 1.41 bits per heavy atom. The minimum Gasteiger partial charge on any atom is -0.456 e. The molecule has 1 aliphatic rings. The predicted molar refractivity (Wildman–Crippen MR) is 439 cm³/mol. The third-order valence-electron chi connectivity index (χ3n) is 22.1. The van der Waals surface area contributed by atoms with Gasteiger partial charge in [0.2, 0.25) is 0 Å². The fourth-order valence-corrected chi connectivity index (χ4v) is 16.9. The second-order valence-corrected chi connectivity index (χ2v) is 28.2. The normalized spacial score (nSPS) is 13.4. The monoisotopic (exact) mass is 1380 g/mol. The van der Waals surface area contributed by atoms with E-state index in [1.54, 1.807) is 0 Å². The number of hydrogen-bond donors (Lipinski definition) is 0. The average molecular weight is 1380 g/mol. The molecule has 0 saturated heterocycles. The number of rotatable bonds is 9. The summed E-state index contributed by atoms with van der Waals surface area (Å²) in [5.74, 6) is 3.61. The summed E-state index contributed by atoms with van der Waals surface area (Å²) in [5.41, 5.74) is 17.1. The number of nitrogens with zero attached hydrogens (tertiary/aromatic N) is 6. The smallest absolute Gasteiger partial charge is 0.164 e. The molecular weight excluding hydrogens is 1330 g/mol. The molecule has 0 saturated carbocycles. The van der Waals surface area contributed by atoms with Gasteiger partial charge in [0.25, 0.3) is 0 Å². The first kappa shape index (κ1) is 60.0. The van der Waals surface area contributed by atoms with Crippen LogP contribution >= 0.6 is 0 Å². The molecule has 10 nitrogen and oxygen atoms in total. The second-order valence-electron chi connectivity index (χ2n) is 28.2. The van der Waals surface area contributed by atoms with E-state index in [1.807, 2.05) is 54.6 Å². The van der Waals surface area contributed by atoms with Crippen LogP contribution in [0, 0.1) is 0 Å². The highest BCUT2D eigenvalue weighted by Crippen LogP contribution is 2.47. The van der Waals surface area contributed by atoms with Crippen molar-refractivity contribution in [1.82, 2.24) is 29.9 Å². The summed E-state index contributed by atoms with van der Waals surface area (Å²) >= 11 is 0. The van der Waals surface area contributed by atoms with E-state index in [1.165, 1.54) is 10.8 Å². The van der Waals surface area contributed by atoms with E-state index < -0.39 is 0 Å². The fourth-order valence-electron chi connectivity index (χ4n) is 16.9. The van der Waals surface area contributed by atoms with Crippen LogP contribution < -0.4 is 0 Å². The molecule has 6 aromatic heterocycles. The van der Waals surface area contributed by atoms with Gasteiger partial charge in [-0.05, 0) is 161 Å². The Hall–Kier alpha value is -14.5. The predicted octanol–water partition coefficient (Wildman–Crippen LogP) is 26.4. The Morgan fingerprint density at radius 2 is 0.676 bits per heavy atom. The zero-order chi connectivity index (χ0) is 70.7. The highest BCUT2D eigenvalue weighted by Gasteiger charge is 2.25. The summed E-state index contributed by atoms with van der Waals surface area (Å²) in [4.78, 5) is 32.0. The van der Waals surface area contributed by atoms with Crippen molar-refractivity contribution in [3.8, 4) is 90.3 Å². The molecule has 0 aliphatic heterocycles. The van der Waals surface area contributed by atoms with Crippen molar-refractivity contribution in [2.45, 2.75) is 12.3 Å². The Bertz CT molecular complexity index is 7690. The maximum atomic E-state index is 7.03. The molecule has 0 amide bonds. The van der Waals surface area contributed by atoms with Crippen LogP contribution in [0.2, 0.25) is 0 Å². The summed E-state index contributed by atoms with van der Waals surface area (Å²) in [7, 11) is 0. The van der Waals surface area contributed by atoms with Crippen molar-refractivity contribution in [2.75, 3.05) is 0 Å². The zero-order valence-corrected chi connectivity index (χ0v) is 57.7. The molecule has 0 spiro atoms. The number of benzene rings is 16. The van der Waals surface area contributed by atoms with Crippen LogP contribution in [0.4, 0.5) is 0 Å². The second kappa shape index (κ2) is 23.5. The minimum atomic E-state index is -0.00996. The van der Waals surface area contributed by atoms with E-state index in [0.717, 1.165) is 204 Å². The van der Waals surface area contributed by atoms with Gasteiger partial charge in [-0.25, -0.2) is 29.9 Å². The maximum Gasteiger partial charge on any atom is 0.164 e. The molecule has 6 heterocycles. The van der Waals surface area contributed by atoms with Gasteiger partial charge >= 0.3 is 0 Å². The highest BCUT2D eigenvalue weighted by atomic mass is 16.3. The molecule has 502 valence electrons. The van der Waals surface area contributed by atoms with Crippen molar-refractivity contribution < 1.29 is 17.7 Å². The average Bonchev–Trinajstić information content (AvgIpc) is 1.57. The van der Waals surface area contributed by atoms with Gasteiger partial charge in [0, 0.05) is 82.4 Å². The van der Waals surface area contributed by atoms with Crippen LogP contribution in [0.15, 0.2) is 339 Å². The van der Waals surface area contributed by atoms with Gasteiger partial charge in [0.05, 0.1) is 0 Å². The largest absolute Gasteiger partial charge is 0.456 e. The molecule has 1 unspecified atom stereocenters. The molecule has 23 rings (SSSR count). The summed E-state index contributed by atoms with van der Waals surface area (Å²) in [6.45, 7) is 0. The van der Waals surface area contributed by atoms with Gasteiger partial charge in [0.15, 0.2) is 29.1 Å². The van der Waals surface area contributed by atoms with Crippen LogP contribution in [0.3, 0.4) is 0 Å². The lowest BCUT2D eigenvalue weighted by molar-refractivity contribution is 0.668. The van der Waals surface area contributed by atoms with Gasteiger partial charge in [-0.15, -0.1) is 0 Å². The Kier molecular flexibility index (Phi) is 13.1. The lowest BCUT2D eigenvalue weighted by Crippen LogP contribution is -2.08. The lowest BCUT2D eigenvalue weighted by Gasteiger charge is -2.16. The van der Waals surface area contributed by atoms with Crippen LogP contribution in [0.25, 0.3) is 232 Å². The molecule has 16 aromatic carbocycles. The number of fused-ring (bicyclic) bond motifs is 20. The Labute approximate surface area is 615 Å². The van der Waals surface area contributed by atoms with E-state index >= 15 is 0 Å². The topological polar surface area (TPSA) is 130 Å². The van der Waals surface area contributed by atoms with Crippen LogP contribution in [-0.2, 0) is 0 Å². The van der Waals surface area contributed by atoms with Crippen molar-refractivity contribution in [1.29, 1.82) is 0 Å². The number of furan rings is 4. The standard InChI is InChI=1S/C98H56N6O4/c1-2-16-60(17-3-1)93-100-96(104-98(101-93)76-25-13-29-83-88(76)72-21-8-10-27-81(72)105-83)71-48-47-67(69-19-6-7-20-70(69)71)63-41-36-59-45-50-86-91(80(59)52-63)75-24-12-23-68(92(75)108-86)64-43-46-74-87(54-64)107-84-30-14-26-77(89(74)84)97-102-94(99-95(103-97)65-42-37-57-34-33-56-15-4-5-18-66(56)78(57)53-65)61-38-31-55(32-39-61)62-40-35-58-44-49-85-90(79(58)51-62)73-22-9-11-28-82(73)106-85/h1-16,18-54,60H,17H2. The van der Waals surface area contributed by atoms with Crippen molar-refractivity contribution in [2.24, 2.45) is 0 Å². The third kappa shape index (κ3) is 9.46. The first-order valence-corrected chi connectivity index (χ1v) is 36.5. The zero-order valence-electron chi connectivity index (χ0n) is 57.7. The number of para-hydroxylation sites is 3. The minimum absolute atomic E-state index is 0.00996. The fraction of sp³-hybridized carbons (Fsp3) is 0.0204. The van der Waals surface area contributed by atoms with Crippen LogP contribution in [0.1, 0.15) is 18.2 Å². The van der Waals surface area contributed by atoms with Crippen molar-refractivity contribution >= 4 is 142 Å². The quantitative estimate of drug-likeness (QED) is 0.129. The van der Waals surface area contributed by atoms with E-state index in [4.69, 9.17) is 47.6 Å². The molecule has 0 bridgehead atoms. The molecule has 1 aliphatic carbocycles. The highest BCUT2D eigenvalue weighted by molar-refractivity contribution is 6.23. The first-order chi connectivity index (χ1) is 53.5. The van der Waals surface area contributed by atoms with Gasteiger partial charge in [-0.1, -0.05) is 249 Å². The van der Waals surface area contributed by atoms with Crippen LogP contribution in [0.5, 0.6) is 0 Å². The third-order valence-corrected chi connectivity index (χ3v) is 22.1. The van der Waals surface area contributed by atoms with Gasteiger partial charge < -0.3 is 17.7 Å². The summed E-state index contributed by atoms with van der Waals surface area (Å²) in [6.07, 6.45) is 9.32. The number of allylic oxidation sites excluding steroid dienone is 4. The lowest BCUT2D eigenvalue weighted by atomic mass is 9.92.